The molecule has 0 spiro atoms. The minimum atomic E-state index is -4.77. The van der Waals surface area contributed by atoms with Gasteiger partial charge in [0.1, 0.15) is 22.9 Å². The number of benzene rings is 2. The van der Waals surface area contributed by atoms with Crippen molar-refractivity contribution in [2.45, 2.75) is 6.18 Å². The number of halogens is 4. The highest BCUT2D eigenvalue weighted by Crippen LogP contribution is 2.37. The second-order valence-electron chi connectivity index (χ2n) is 8.71. The van der Waals surface area contributed by atoms with Crippen LogP contribution in [-0.2, 0) is 11.0 Å². The first-order valence-corrected chi connectivity index (χ1v) is 11.7. The first-order chi connectivity index (χ1) is 18.4. The fraction of sp³-hybridized carbons (Fsp3) is 0.269. The van der Waals surface area contributed by atoms with E-state index in [4.69, 9.17) is 4.74 Å². The van der Waals surface area contributed by atoms with Gasteiger partial charge >= 0.3 is 6.18 Å². The Morgan fingerprint density at radius 3 is 2.46 bits per heavy atom. The lowest BCUT2D eigenvalue weighted by molar-refractivity contribution is -0.137. The zero-order valence-corrected chi connectivity index (χ0v) is 21.9. The number of rotatable bonds is 11. The maximum atomic E-state index is 15.0. The number of aromatic nitrogens is 2. The molecule has 0 aliphatic heterocycles. The highest BCUT2D eigenvalue weighted by molar-refractivity contribution is 5.99. The molecule has 0 aliphatic rings. The van der Waals surface area contributed by atoms with Crippen molar-refractivity contribution in [3.63, 3.8) is 0 Å². The van der Waals surface area contributed by atoms with Crippen LogP contribution in [0.1, 0.15) is 5.56 Å². The lowest BCUT2D eigenvalue weighted by atomic mass is 10.2. The highest BCUT2D eigenvalue weighted by Gasteiger charge is 2.35. The van der Waals surface area contributed by atoms with Gasteiger partial charge in [0.25, 0.3) is 0 Å². The zero-order chi connectivity index (χ0) is 28.7. The molecule has 0 atom stereocenters. The molecule has 1 heterocycles. The number of nitrogens with one attached hydrogen (secondary N) is 3. The smallest absolute Gasteiger partial charge is 0.421 e. The van der Waals surface area contributed by atoms with E-state index in [1.54, 1.807) is 24.1 Å². The van der Waals surface area contributed by atoms with Crippen molar-refractivity contribution in [2.24, 2.45) is 0 Å². The summed E-state index contributed by atoms with van der Waals surface area (Å²) in [4.78, 5) is 23.0. The zero-order valence-electron chi connectivity index (χ0n) is 21.9. The van der Waals surface area contributed by atoms with Crippen LogP contribution in [0.5, 0.6) is 5.75 Å². The normalized spacial score (nSPS) is 11.2. The van der Waals surface area contributed by atoms with Gasteiger partial charge in [-0.05, 0) is 38.4 Å². The molecule has 2 aromatic carbocycles. The van der Waals surface area contributed by atoms with Crippen LogP contribution >= 0.6 is 0 Å². The van der Waals surface area contributed by atoms with Crippen molar-refractivity contribution >= 4 is 40.4 Å². The molecule has 0 unspecified atom stereocenters. The lowest BCUT2D eigenvalue weighted by Gasteiger charge is -2.23. The lowest BCUT2D eigenvalue weighted by Crippen LogP contribution is -2.29. The fourth-order valence-electron chi connectivity index (χ4n) is 3.44. The van der Waals surface area contributed by atoms with Gasteiger partial charge in [0.05, 0.1) is 18.5 Å². The average molecular weight is 548 g/mol. The van der Waals surface area contributed by atoms with Gasteiger partial charge in [0.2, 0.25) is 11.9 Å². The minimum Gasteiger partial charge on any atom is -0.494 e. The van der Waals surface area contributed by atoms with Crippen LogP contribution in [-0.4, -0.2) is 62.1 Å². The quantitative estimate of drug-likeness (QED) is 0.221. The molecule has 0 aliphatic carbocycles. The Morgan fingerprint density at radius 2 is 1.82 bits per heavy atom. The highest BCUT2D eigenvalue weighted by atomic mass is 19.4. The van der Waals surface area contributed by atoms with Crippen molar-refractivity contribution in [3.8, 4) is 5.75 Å². The van der Waals surface area contributed by atoms with Gasteiger partial charge in [-0.1, -0.05) is 12.6 Å². The Morgan fingerprint density at radius 1 is 1.10 bits per heavy atom. The largest absolute Gasteiger partial charge is 0.494 e. The molecule has 1 aromatic heterocycles. The molecule has 208 valence electrons. The number of hydrogen-bond donors (Lipinski definition) is 3. The molecule has 0 saturated carbocycles. The number of amides is 1. The summed E-state index contributed by atoms with van der Waals surface area (Å²) in [5, 5.41) is 7.89. The number of methoxy groups -OCH3 is 1. The second kappa shape index (κ2) is 12.4. The Labute approximate surface area is 223 Å². The number of alkyl halides is 3. The summed E-state index contributed by atoms with van der Waals surface area (Å²) in [6.45, 7) is 4.60. The van der Waals surface area contributed by atoms with Crippen LogP contribution in [0.3, 0.4) is 0 Å². The van der Waals surface area contributed by atoms with Gasteiger partial charge in [0, 0.05) is 49.8 Å². The molecule has 9 nitrogen and oxygen atoms in total. The summed E-state index contributed by atoms with van der Waals surface area (Å²) in [7, 11) is 6.94. The van der Waals surface area contributed by atoms with E-state index in [9.17, 15) is 22.4 Å². The predicted octanol–water partition coefficient (Wildman–Crippen LogP) is 5.25. The van der Waals surface area contributed by atoms with E-state index in [-0.39, 0.29) is 23.1 Å². The molecule has 13 heteroatoms. The molecule has 0 saturated heterocycles. The van der Waals surface area contributed by atoms with E-state index < -0.39 is 29.3 Å². The fourth-order valence-corrected chi connectivity index (χ4v) is 3.44. The molecule has 3 N–H and O–H groups in total. The molecule has 0 bridgehead atoms. The molecule has 3 aromatic rings. The Balaban J connectivity index is 1.93. The molecule has 39 heavy (non-hydrogen) atoms. The van der Waals surface area contributed by atoms with Gasteiger partial charge in [-0.3, -0.25) is 4.79 Å². The maximum absolute atomic E-state index is 15.0. The molecule has 3 rings (SSSR count). The molecule has 1 amide bonds. The summed E-state index contributed by atoms with van der Waals surface area (Å²) >= 11 is 0. The summed E-state index contributed by atoms with van der Waals surface area (Å²) in [6, 6.07) is 8.69. The summed E-state index contributed by atoms with van der Waals surface area (Å²) < 4.78 is 61.6. The van der Waals surface area contributed by atoms with Crippen molar-refractivity contribution in [3.05, 3.63) is 66.6 Å². The topological polar surface area (TPSA) is 94.6 Å². The number of carbonyl (C=O) groups is 1. The molecular formula is C26H29F4N7O2. The maximum Gasteiger partial charge on any atom is 0.421 e. The number of likely N-dealkylation sites (N-methyl/N-ethyl adjacent to an activating group) is 2. The van der Waals surface area contributed by atoms with Crippen LogP contribution in [0, 0.1) is 5.82 Å². The number of hydrogen-bond acceptors (Lipinski definition) is 8. The van der Waals surface area contributed by atoms with Crippen molar-refractivity contribution in [1.29, 1.82) is 0 Å². The van der Waals surface area contributed by atoms with Crippen molar-refractivity contribution in [2.75, 3.05) is 62.2 Å². The van der Waals surface area contributed by atoms with E-state index >= 15 is 0 Å². The summed E-state index contributed by atoms with van der Waals surface area (Å²) in [5.74, 6) is -1.58. The SMILES string of the molecule is C=CC(=O)Nc1cccc(Nc2nc(Nc3cc(F)c(N(C)CCN(C)C)cc3OC)ncc2C(F)(F)F)c1. The van der Waals surface area contributed by atoms with Crippen LogP contribution in [0.15, 0.2) is 55.3 Å². The summed E-state index contributed by atoms with van der Waals surface area (Å²) in [6.07, 6.45) is -3.08. The third kappa shape index (κ3) is 7.80. The Kier molecular flexibility index (Phi) is 9.30. The van der Waals surface area contributed by atoms with Gasteiger partial charge in [-0.15, -0.1) is 0 Å². The van der Waals surface area contributed by atoms with E-state index in [2.05, 4.69) is 32.5 Å². The number of anilines is 6. The van der Waals surface area contributed by atoms with Crippen LogP contribution in [0.25, 0.3) is 0 Å². The standard InChI is InChI=1S/C26H29F4N7O2/c1-6-23(38)32-16-8-7-9-17(12-16)33-24-18(26(28,29)30)15-31-25(35-24)34-20-13-19(27)21(14-22(20)39-5)37(4)11-10-36(2)3/h6-9,12-15H,1,10-11H2,2-5H3,(H,32,38)(H2,31,33,34,35). The van der Waals surface area contributed by atoms with Gasteiger partial charge in [-0.2, -0.15) is 18.2 Å². The monoisotopic (exact) mass is 547 g/mol. The van der Waals surface area contributed by atoms with Crippen LogP contribution in [0.4, 0.5) is 52.1 Å². The van der Waals surface area contributed by atoms with Crippen molar-refractivity contribution in [1.82, 2.24) is 14.9 Å². The van der Waals surface area contributed by atoms with Crippen molar-refractivity contribution < 1.29 is 27.1 Å². The van der Waals surface area contributed by atoms with Gasteiger partial charge < -0.3 is 30.5 Å². The first-order valence-electron chi connectivity index (χ1n) is 11.7. The summed E-state index contributed by atoms with van der Waals surface area (Å²) in [5.41, 5.74) is -0.148. The number of carbonyl (C=O) groups excluding carboxylic acids is 1. The third-order valence-corrected chi connectivity index (χ3v) is 5.48. The first kappa shape index (κ1) is 29.2. The van der Waals surface area contributed by atoms with E-state index in [1.165, 1.54) is 31.4 Å². The van der Waals surface area contributed by atoms with E-state index in [1.807, 2.05) is 19.0 Å². The third-order valence-electron chi connectivity index (χ3n) is 5.48. The average Bonchev–Trinajstić information content (AvgIpc) is 2.87. The van der Waals surface area contributed by atoms with E-state index in [0.29, 0.717) is 30.7 Å². The molecule has 0 fully saturated rings. The Bertz CT molecular complexity index is 1330. The molecule has 0 radical (unpaired) electrons. The van der Waals surface area contributed by atoms with Crippen LogP contribution in [0.2, 0.25) is 0 Å². The number of ether oxygens (including phenoxy) is 1. The molecular weight excluding hydrogens is 518 g/mol. The number of nitrogens with zero attached hydrogens (tertiary/aromatic N) is 4. The van der Waals surface area contributed by atoms with E-state index in [0.717, 1.165) is 6.08 Å². The van der Waals surface area contributed by atoms with Gasteiger partial charge in [0.15, 0.2) is 0 Å². The predicted molar refractivity (Wildman–Crippen MR) is 144 cm³/mol. The Hall–Kier alpha value is -4.39. The van der Waals surface area contributed by atoms with Gasteiger partial charge in [-0.25, -0.2) is 9.37 Å². The minimum absolute atomic E-state index is 0.125. The van der Waals surface area contributed by atoms with Crippen LogP contribution < -0.4 is 25.6 Å². The second-order valence-corrected chi connectivity index (χ2v) is 8.71.